The molecule has 1 aromatic carbocycles. The van der Waals surface area contributed by atoms with Crippen LogP contribution >= 0.6 is 23.2 Å². The van der Waals surface area contributed by atoms with E-state index in [0.29, 0.717) is 16.1 Å². The van der Waals surface area contributed by atoms with Crippen LogP contribution in [-0.4, -0.2) is 28.2 Å². The highest BCUT2D eigenvalue weighted by Crippen LogP contribution is 2.28. The molecular formula is C13H15Cl2NO4. The zero-order valence-corrected chi connectivity index (χ0v) is 12.3. The van der Waals surface area contributed by atoms with Gasteiger partial charge in [0.1, 0.15) is 6.04 Å². The molecule has 0 aromatic heterocycles. The van der Waals surface area contributed by atoms with E-state index in [4.69, 9.17) is 39.1 Å². The molecule has 110 valence electrons. The average Bonchev–Trinajstić information content (AvgIpc) is 2.34. The van der Waals surface area contributed by atoms with Gasteiger partial charge in [-0.2, -0.15) is 0 Å². The summed E-state index contributed by atoms with van der Waals surface area (Å²) in [7, 11) is 0. The third-order valence-corrected chi connectivity index (χ3v) is 3.67. The third kappa shape index (κ3) is 4.37. The summed E-state index contributed by atoms with van der Waals surface area (Å²) in [6, 6.07) is 2.02. The van der Waals surface area contributed by atoms with E-state index in [1.165, 1.54) is 6.07 Å². The standard InChI is InChI=1S/C13H15Cl2NO4/c1-6(12(17)18)2-7-3-9(14)10(15)4-8(7)5-11(16)13(19)20/h3-4,6,11H,2,5,16H2,1H3,(H,17,18)(H,19,20)/t6?,11-/m0/s1. The molecular weight excluding hydrogens is 305 g/mol. The number of carboxylic acids is 2. The first-order valence-electron chi connectivity index (χ1n) is 5.90. The molecule has 0 fully saturated rings. The second kappa shape index (κ2) is 6.92. The van der Waals surface area contributed by atoms with Crippen molar-refractivity contribution >= 4 is 35.1 Å². The van der Waals surface area contributed by atoms with Crippen molar-refractivity contribution in [3.8, 4) is 0 Å². The van der Waals surface area contributed by atoms with E-state index in [9.17, 15) is 9.59 Å². The number of rotatable bonds is 6. The van der Waals surface area contributed by atoms with E-state index < -0.39 is 23.9 Å². The molecule has 7 heteroatoms. The van der Waals surface area contributed by atoms with Gasteiger partial charge in [-0.25, -0.2) is 0 Å². The number of nitrogens with two attached hydrogens (primary N) is 1. The Bertz CT molecular complexity index is 486. The van der Waals surface area contributed by atoms with Crippen LogP contribution in [0.4, 0.5) is 0 Å². The number of hydrogen-bond donors (Lipinski definition) is 3. The molecule has 4 N–H and O–H groups in total. The Morgan fingerprint density at radius 3 is 1.95 bits per heavy atom. The number of benzene rings is 1. The molecule has 0 aliphatic carbocycles. The molecule has 0 amide bonds. The Morgan fingerprint density at radius 2 is 1.55 bits per heavy atom. The van der Waals surface area contributed by atoms with Gasteiger partial charge in [-0.1, -0.05) is 30.1 Å². The maximum atomic E-state index is 10.9. The highest BCUT2D eigenvalue weighted by Gasteiger charge is 2.19. The van der Waals surface area contributed by atoms with Crippen molar-refractivity contribution < 1.29 is 19.8 Å². The van der Waals surface area contributed by atoms with Crippen molar-refractivity contribution in [2.45, 2.75) is 25.8 Å². The Morgan fingerprint density at radius 1 is 1.10 bits per heavy atom. The maximum Gasteiger partial charge on any atom is 0.320 e. The summed E-state index contributed by atoms with van der Waals surface area (Å²) in [5.74, 6) is -2.69. The molecule has 2 atom stereocenters. The van der Waals surface area contributed by atoms with Gasteiger partial charge in [0.05, 0.1) is 16.0 Å². The molecule has 0 bridgehead atoms. The topological polar surface area (TPSA) is 101 Å². The maximum absolute atomic E-state index is 10.9. The van der Waals surface area contributed by atoms with Gasteiger partial charge in [0.2, 0.25) is 0 Å². The minimum absolute atomic E-state index is 0.0634. The lowest BCUT2D eigenvalue weighted by Gasteiger charge is -2.15. The molecule has 20 heavy (non-hydrogen) atoms. The normalized spacial score (nSPS) is 13.8. The molecule has 0 aliphatic rings. The summed E-state index contributed by atoms with van der Waals surface area (Å²) in [5, 5.41) is 18.4. The van der Waals surface area contributed by atoms with Gasteiger partial charge in [0.25, 0.3) is 0 Å². The largest absolute Gasteiger partial charge is 0.481 e. The lowest BCUT2D eigenvalue weighted by molar-refractivity contribution is -0.141. The summed E-state index contributed by atoms with van der Waals surface area (Å²) >= 11 is 11.8. The molecule has 0 radical (unpaired) electrons. The first kappa shape index (κ1) is 16.8. The predicted molar refractivity (Wildman–Crippen MR) is 76.3 cm³/mol. The van der Waals surface area contributed by atoms with Gasteiger partial charge in [-0.3, -0.25) is 9.59 Å². The fourth-order valence-corrected chi connectivity index (χ4v) is 2.12. The molecule has 5 nitrogen and oxygen atoms in total. The van der Waals surface area contributed by atoms with Crippen LogP contribution in [0.15, 0.2) is 12.1 Å². The molecule has 1 aromatic rings. The first-order valence-corrected chi connectivity index (χ1v) is 6.66. The third-order valence-electron chi connectivity index (χ3n) is 2.95. The second-order valence-electron chi connectivity index (χ2n) is 4.63. The Kier molecular flexibility index (Phi) is 5.80. The molecule has 0 aliphatic heterocycles. The molecule has 0 saturated heterocycles. The SMILES string of the molecule is CC(Cc1cc(Cl)c(Cl)cc1C[C@H](N)C(=O)O)C(=O)O. The molecule has 1 unspecified atom stereocenters. The van der Waals surface area contributed by atoms with E-state index in [2.05, 4.69) is 0 Å². The van der Waals surface area contributed by atoms with Crippen LogP contribution < -0.4 is 5.73 Å². The van der Waals surface area contributed by atoms with Crippen molar-refractivity contribution in [3.05, 3.63) is 33.3 Å². The fraction of sp³-hybridized carbons (Fsp3) is 0.385. The summed E-state index contributed by atoms with van der Waals surface area (Å²) in [6.07, 6.45) is 0.293. The van der Waals surface area contributed by atoms with Crippen LogP contribution in [0.3, 0.4) is 0 Å². The van der Waals surface area contributed by atoms with Crippen LogP contribution in [0.2, 0.25) is 10.0 Å². The Labute approximate surface area is 126 Å². The van der Waals surface area contributed by atoms with E-state index in [0.717, 1.165) is 0 Å². The van der Waals surface area contributed by atoms with Crippen molar-refractivity contribution in [3.63, 3.8) is 0 Å². The highest BCUT2D eigenvalue weighted by molar-refractivity contribution is 6.42. The second-order valence-corrected chi connectivity index (χ2v) is 5.44. The van der Waals surface area contributed by atoms with Crippen LogP contribution in [0.25, 0.3) is 0 Å². The lowest BCUT2D eigenvalue weighted by Crippen LogP contribution is -2.32. The summed E-state index contributed by atoms with van der Waals surface area (Å²) in [5.41, 5.74) is 6.75. The Hall–Kier alpha value is -1.30. The zero-order chi connectivity index (χ0) is 15.4. The van der Waals surface area contributed by atoms with Gasteiger partial charge in [0.15, 0.2) is 0 Å². The number of hydrogen-bond acceptors (Lipinski definition) is 3. The van der Waals surface area contributed by atoms with Gasteiger partial charge in [-0.05, 0) is 36.1 Å². The monoisotopic (exact) mass is 319 g/mol. The Balaban J connectivity index is 3.10. The smallest absolute Gasteiger partial charge is 0.320 e. The number of aliphatic carboxylic acids is 2. The van der Waals surface area contributed by atoms with Gasteiger partial charge in [0, 0.05) is 0 Å². The number of halogens is 2. The van der Waals surface area contributed by atoms with Crippen LogP contribution in [0, 0.1) is 5.92 Å². The van der Waals surface area contributed by atoms with Crippen molar-refractivity contribution in [1.82, 2.24) is 0 Å². The van der Waals surface area contributed by atoms with Crippen LogP contribution in [0.1, 0.15) is 18.1 Å². The van der Waals surface area contributed by atoms with Gasteiger partial charge >= 0.3 is 11.9 Å². The highest BCUT2D eigenvalue weighted by atomic mass is 35.5. The molecule has 0 spiro atoms. The lowest BCUT2D eigenvalue weighted by atomic mass is 9.93. The molecule has 1 rings (SSSR count). The quantitative estimate of drug-likeness (QED) is 0.746. The first-order chi connectivity index (χ1) is 9.22. The minimum atomic E-state index is -1.13. The average molecular weight is 320 g/mol. The number of carbonyl (C=O) groups is 2. The fourth-order valence-electron chi connectivity index (χ4n) is 1.75. The van der Waals surface area contributed by atoms with Gasteiger partial charge in [-0.15, -0.1) is 0 Å². The predicted octanol–water partition coefficient (Wildman–Crippen LogP) is 2.21. The van der Waals surface area contributed by atoms with Crippen molar-refractivity contribution in [2.24, 2.45) is 11.7 Å². The summed E-state index contributed by atoms with van der Waals surface area (Å²) < 4.78 is 0. The van der Waals surface area contributed by atoms with Crippen LogP contribution in [-0.2, 0) is 22.4 Å². The minimum Gasteiger partial charge on any atom is -0.481 e. The van der Waals surface area contributed by atoms with E-state index in [-0.39, 0.29) is 17.9 Å². The van der Waals surface area contributed by atoms with Gasteiger partial charge < -0.3 is 15.9 Å². The number of carboxylic acid groups (broad SMARTS) is 2. The molecule has 0 heterocycles. The molecule has 0 saturated carbocycles. The van der Waals surface area contributed by atoms with E-state index in [1.807, 2.05) is 0 Å². The van der Waals surface area contributed by atoms with Crippen molar-refractivity contribution in [2.75, 3.05) is 0 Å². The summed E-state index contributed by atoms with van der Waals surface area (Å²) in [4.78, 5) is 21.7. The van der Waals surface area contributed by atoms with Crippen LogP contribution in [0.5, 0.6) is 0 Å². The van der Waals surface area contributed by atoms with E-state index in [1.54, 1.807) is 13.0 Å². The summed E-state index contributed by atoms with van der Waals surface area (Å²) in [6.45, 7) is 1.56. The van der Waals surface area contributed by atoms with Crippen molar-refractivity contribution in [1.29, 1.82) is 0 Å². The van der Waals surface area contributed by atoms with E-state index >= 15 is 0 Å². The zero-order valence-electron chi connectivity index (χ0n) is 10.8.